The minimum Gasteiger partial charge on any atom is -0.481 e. The number of allylic oxidation sites excluding steroid dienone is 2. The summed E-state index contributed by atoms with van der Waals surface area (Å²) in [4.78, 5) is 37.2. The monoisotopic (exact) mass is 365 g/mol. The Balaban J connectivity index is 2.28. The number of ether oxygens (including phenoxy) is 1. The van der Waals surface area contributed by atoms with Crippen LogP contribution in [0.4, 0.5) is 5.00 Å². The number of hydrogen-bond donors (Lipinski definition) is 2. The highest BCUT2D eigenvalue weighted by molar-refractivity contribution is 7.16. The van der Waals surface area contributed by atoms with E-state index in [2.05, 4.69) is 5.32 Å². The molecule has 0 spiro atoms. The van der Waals surface area contributed by atoms with Gasteiger partial charge in [0.1, 0.15) is 5.00 Å². The second kappa shape index (κ2) is 7.82. The van der Waals surface area contributed by atoms with E-state index in [1.807, 2.05) is 20.8 Å². The molecular weight excluding hydrogens is 342 g/mol. The number of methoxy groups -OCH3 is 1. The van der Waals surface area contributed by atoms with Crippen LogP contribution in [0.15, 0.2) is 17.2 Å². The van der Waals surface area contributed by atoms with Crippen LogP contribution in [0.2, 0.25) is 0 Å². The fourth-order valence-electron chi connectivity index (χ4n) is 3.00. The lowest BCUT2D eigenvalue weighted by Crippen LogP contribution is -2.36. The zero-order chi connectivity index (χ0) is 18.7. The molecule has 1 aromatic heterocycles. The number of carbonyl (C=O) groups is 3. The molecule has 136 valence electrons. The van der Waals surface area contributed by atoms with Crippen LogP contribution in [-0.2, 0) is 20.7 Å². The highest BCUT2D eigenvalue weighted by Crippen LogP contribution is 2.36. The SMILES string of the molecule is CCc1cc(C(=O)OC)c(NC(=O)[C@@H]2CC(C)=C(C)C[C@@H]2C(=O)O)s1. The van der Waals surface area contributed by atoms with Crippen molar-refractivity contribution in [3.05, 3.63) is 27.7 Å². The Hall–Kier alpha value is -2.15. The number of carboxylic acids is 1. The van der Waals surface area contributed by atoms with Crippen molar-refractivity contribution < 1.29 is 24.2 Å². The lowest BCUT2D eigenvalue weighted by molar-refractivity contribution is -0.146. The van der Waals surface area contributed by atoms with E-state index >= 15 is 0 Å². The van der Waals surface area contributed by atoms with Gasteiger partial charge in [0.25, 0.3) is 0 Å². The van der Waals surface area contributed by atoms with Crippen molar-refractivity contribution in [2.75, 3.05) is 12.4 Å². The van der Waals surface area contributed by atoms with Crippen molar-refractivity contribution in [2.24, 2.45) is 11.8 Å². The first-order valence-corrected chi connectivity index (χ1v) is 9.00. The maximum absolute atomic E-state index is 12.8. The van der Waals surface area contributed by atoms with Gasteiger partial charge in [0.05, 0.1) is 24.5 Å². The molecule has 1 aromatic rings. The average Bonchev–Trinajstić information content (AvgIpc) is 2.98. The summed E-state index contributed by atoms with van der Waals surface area (Å²) in [5, 5.41) is 12.7. The van der Waals surface area contributed by atoms with Gasteiger partial charge in [0.15, 0.2) is 0 Å². The van der Waals surface area contributed by atoms with Crippen LogP contribution in [0.3, 0.4) is 0 Å². The van der Waals surface area contributed by atoms with Crippen LogP contribution in [0.1, 0.15) is 48.8 Å². The van der Waals surface area contributed by atoms with E-state index in [0.29, 0.717) is 23.4 Å². The largest absolute Gasteiger partial charge is 0.481 e. The predicted octanol–water partition coefficient (Wildman–Crippen LogP) is 3.48. The van der Waals surface area contributed by atoms with Crippen molar-refractivity contribution in [1.29, 1.82) is 0 Å². The van der Waals surface area contributed by atoms with Crippen molar-refractivity contribution in [1.82, 2.24) is 0 Å². The van der Waals surface area contributed by atoms with Crippen molar-refractivity contribution in [3.63, 3.8) is 0 Å². The normalized spacial score (nSPS) is 20.3. The van der Waals surface area contributed by atoms with Gasteiger partial charge >= 0.3 is 11.9 Å². The van der Waals surface area contributed by atoms with Crippen LogP contribution >= 0.6 is 11.3 Å². The van der Waals surface area contributed by atoms with Gasteiger partial charge in [-0.1, -0.05) is 18.1 Å². The number of aryl methyl sites for hydroxylation is 1. The van der Waals surface area contributed by atoms with Gasteiger partial charge in [-0.3, -0.25) is 9.59 Å². The van der Waals surface area contributed by atoms with Gasteiger partial charge in [-0.2, -0.15) is 0 Å². The zero-order valence-electron chi connectivity index (χ0n) is 14.8. The third kappa shape index (κ3) is 4.10. The van der Waals surface area contributed by atoms with Gasteiger partial charge in [0, 0.05) is 4.88 Å². The summed E-state index contributed by atoms with van der Waals surface area (Å²) in [5.41, 5.74) is 2.38. The number of carbonyl (C=O) groups excluding carboxylic acids is 2. The number of esters is 1. The number of hydrogen-bond acceptors (Lipinski definition) is 5. The molecule has 0 bridgehead atoms. The third-order valence-electron chi connectivity index (χ3n) is 4.69. The average molecular weight is 365 g/mol. The van der Waals surface area contributed by atoms with Crippen LogP contribution in [0, 0.1) is 11.8 Å². The summed E-state index contributed by atoms with van der Waals surface area (Å²) in [6.07, 6.45) is 1.51. The standard InChI is InChI=1S/C18H23NO5S/c1-5-11-8-14(18(23)24-4)16(25-11)19-15(20)12-6-9(2)10(3)7-13(12)17(21)22/h8,12-13H,5-7H2,1-4H3,(H,19,20)(H,21,22)/t12-,13+/m1/s1. The summed E-state index contributed by atoms with van der Waals surface area (Å²) in [6, 6.07) is 1.71. The summed E-state index contributed by atoms with van der Waals surface area (Å²) in [5.74, 6) is -3.26. The van der Waals surface area contributed by atoms with Gasteiger partial charge in [-0.25, -0.2) is 4.79 Å². The highest BCUT2D eigenvalue weighted by atomic mass is 32.1. The molecule has 1 aliphatic rings. The van der Waals surface area contributed by atoms with Gasteiger partial charge in [-0.05, 0) is 39.2 Å². The number of rotatable bonds is 5. The molecule has 1 aliphatic carbocycles. The van der Waals surface area contributed by atoms with Gasteiger partial charge in [-0.15, -0.1) is 11.3 Å². The van der Waals surface area contributed by atoms with E-state index in [1.54, 1.807) is 6.07 Å². The third-order valence-corrected chi connectivity index (χ3v) is 5.89. The Bertz CT molecular complexity index is 734. The number of thiophene rings is 1. The van der Waals surface area contributed by atoms with Gasteiger partial charge < -0.3 is 15.2 Å². The summed E-state index contributed by atoms with van der Waals surface area (Å²) < 4.78 is 4.77. The number of amides is 1. The Labute approximate surface area is 150 Å². The molecule has 1 amide bonds. The van der Waals surface area contributed by atoms with E-state index in [0.717, 1.165) is 22.4 Å². The Morgan fingerprint density at radius 3 is 2.36 bits per heavy atom. The second-order valence-corrected chi connectivity index (χ2v) is 7.45. The number of anilines is 1. The van der Waals surface area contributed by atoms with Crippen LogP contribution in [0.25, 0.3) is 0 Å². The molecule has 0 fully saturated rings. The molecule has 0 aromatic carbocycles. The minimum absolute atomic E-state index is 0.309. The van der Waals surface area contributed by atoms with E-state index in [4.69, 9.17) is 4.74 Å². The molecule has 2 atom stereocenters. The molecule has 0 saturated carbocycles. The molecule has 0 aliphatic heterocycles. The van der Waals surface area contributed by atoms with Crippen LogP contribution in [-0.4, -0.2) is 30.1 Å². The fourth-order valence-corrected chi connectivity index (χ4v) is 3.99. The zero-order valence-corrected chi connectivity index (χ0v) is 15.7. The predicted molar refractivity (Wildman–Crippen MR) is 95.9 cm³/mol. The van der Waals surface area contributed by atoms with E-state index in [1.165, 1.54) is 18.4 Å². The van der Waals surface area contributed by atoms with Crippen molar-refractivity contribution in [2.45, 2.75) is 40.0 Å². The molecule has 2 rings (SSSR count). The van der Waals surface area contributed by atoms with Crippen molar-refractivity contribution >= 4 is 34.2 Å². The molecule has 6 nitrogen and oxygen atoms in total. The molecule has 0 unspecified atom stereocenters. The quantitative estimate of drug-likeness (QED) is 0.615. The minimum atomic E-state index is -0.972. The Kier molecular flexibility index (Phi) is 6.00. The highest BCUT2D eigenvalue weighted by Gasteiger charge is 2.37. The van der Waals surface area contributed by atoms with Crippen LogP contribution < -0.4 is 5.32 Å². The first-order valence-electron chi connectivity index (χ1n) is 8.18. The topological polar surface area (TPSA) is 92.7 Å². The molecular formula is C18H23NO5S. The maximum Gasteiger partial charge on any atom is 0.340 e. The summed E-state index contributed by atoms with van der Waals surface area (Å²) >= 11 is 1.31. The first-order chi connectivity index (χ1) is 11.8. The smallest absolute Gasteiger partial charge is 0.340 e. The number of aliphatic carboxylic acids is 1. The first kappa shape index (κ1) is 19.2. The molecule has 0 saturated heterocycles. The maximum atomic E-state index is 12.8. The van der Waals surface area contributed by atoms with Crippen LogP contribution in [0.5, 0.6) is 0 Å². The van der Waals surface area contributed by atoms with Crippen molar-refractivity contribution in [3.8, 4) is 0 Å². The van der Waals surface area contributed by atoms with Gasteiger partial charge in [0.2, 0.25) is 5.91 Å². The van der Waals surface area contributed by atoms with E-state index < -0.39 is 23.8 Å². The fraction of sp³-hybridized carbons (Fsp3) is 0.500. The number of carboxylic acid groups (broad SMARTS) is 1. The second-order valence-electron chi connectivity index (χ2n) is 6.31. The van der Waals surface area contributed by atoms with E-state index in [9.17, 15) is 19.5 Å². The molecule has 2 N–H and O–H groups in total. The Morgan fingerprint density at radius 2 is 1.84 bits per heavy atom. The molecule has 1 heterocycles. The lowest BCUT2D eigenvalue weighted by atomic mass is 9.76. The lowest BCUT2D eigenvalue weighted by Gasteiger charge is -2.29. The summed E-state index contributed by atoms with van der Waals surface area (Å²) in [6.45, 7) is 5.78. The molecule has 7 heteroatoms. The molecule has 0 radical (unpaired) electrons. The Morgan fingerprint density at radius 1 is 1.24 bits per heavy atom. The molecule has 25 heavy (non-hydrogen) atoms. The summed E-state index contributed by atoms with van der Waals surface area (Å²) in [7, 11) is 1.29. The van der Waals surface area contributed by atoms with E-state index in [-0.39, 0.29) is 5.91 Å². The number of nitrogens with one attached hydrogen (secondary N) is 1.